The molecule has 172 valence electrons. The van der Waals surface area contributed by atoms with Gasteiger partial charge in [-0.05, 0) is 0 Å². The Bertz CT molecular complexity index is 927. The number of rotatable bonds is 13. The van der Waals surface area contributed by atoms with Crippen LogP contribution in [0.4, 0.5) is 0 Å². The molecule has 3 rings (SSSR count). The number of hydrogen-bond acceptors (Lipinski definition) is 2. The monoisotopic (exact) mass is 539 g/mol. The molecule has 32 heavy (non-hydrogen) atoms. The molecule has 3 aromatic rings. The fourth-order valence-electron chi connectivity index (χ4n) is 4.92. The van der Waals surface area contributed by atoms with E-state index in [4.69, 9.17) is 10.3 Å². The third-order valence-electron chi connectivity index (χ3n) is 6.84. The van der Waals surface area contributed by atoms with Crippen LogP contribution < -0.4 is 3.71 Å². The van der Waals surface area contributed by atoms with Crippen molar-refractivity contribution >= 4 is 22.1 Å². The summed E-state index contributed by atoms with van der Waals surface area (Å²) in [4.78, 5) is 0. The van der Waals surface area contributed by atoms with E-state index in [1.54, 1.807) is 0 Å². The fraction of sp³-hybridized carbons (Fsp3) is 0.500. The number of aryl methyl sites for hydroxylation is 1. The molecule has 0 aliphatic carbocycles. The SMILES string of the molecule is CCC[CH2][Sn]([CH2]CCC)([CH2]CCC)[c]1nnn(Cc2ccccc2)c1-c1ccccc1C. The van der Waals surface area contributed by atoms with E-state index < -0.39 is 18.4 Å². The molecular formula is C28H41N3Sn. The van der Waals surface area contributed by atoms with Crippen molar-refractivity contribution in [2.45, 2.75) is 86.1 Å². The molecule has 0 unspecified atom stereocenters. The van der Waals surface area contributed by atoms with Gasteiger partial charge in [0, 0.05) is 0 Å². The molecular weight excluding hydrogens is 497 g/mol. The van der Waals surface area contributed by atoms with Gasteiger partial charge >= 0.3 is 200 Å². The van der Waals surface area contributed by atoms with Gasteiger partial charge in [-0.3, -0.25) is 0 Å². The molecule has 0 saturated carbocycles. The average molecular weight is 538 g/mol. The van der Waals surface area contributed by atoms with Gasteiger partial charge in [-0.15, -0.1) is 0 Å². The molecule has 0 saturated heterocycles. The Kier molecular flexibility index (Phi) is 9.83. The van der Waals surface area contributed by atoms with Crippen LogP contribution in [0.1, 0.15) is 70.4 Å². The Morgan fingerprint density at radius 3 is 1.88 bits per heavy atom. The summed E-state index contributed by atoms with van der Waals surface area (Å²) in [5, 5.41) is 9.91. The van der Waals surface area contributed by atoms with Crippen LogP contribution >= 0.6 is 0 Å². The van der Waals surface area contributed by atoms with Crippen molar-refractivity contribution in [1.29, 1.82) is 0 Å². The van der Waals surface area contributed by atoms with Crippen molar-refractivity contribution in [1.82, 2.24) is 15.0 Å². The molecule has 0 fully saturated rings. The summed E-state index contributed by atoms with van der Waals surface area (Å²) in [6, 6.07) is 19.6. The summed E-state index contributed by atoms with van der Waals surface area (Å²) in [6.07, 6.45) is 7.82. The van der Waals surface area contributed by atoms with E-state index in [0.717, 1.165) is 6.54 Å². The van der Waals surface area contributed by atoms with Crippen molar-refractivity contribution < 1.29 is 0 Å². The Morgan fingerprint density at radius 2 is 1.31 bits per heavy atom. The van der Waals surface area contributed by atoms with Gasteiger partial charge in [0.25, 0.3) is 0 Å². The molecule has 0 N–H and O–H groups in total. The zero-order valence-corrected chi connectivity index (χ0v) is 23.5. The average Bonchev–Trinajstić information content (AvgIpc) is 3.23. The maximum absolute atomic E-state index is 5.07. The number of benzene rings is 2. The van der Waals surface area contributed by atoms with Crippen LogP contribution in [-0.4, -0.2) is 33.4 Å². The van der Waals surface area contributed by atoms with E-state index in [1.165, 1.54) is 77.9 Å². The summed E-state index contributed by atoms with van der Waals surface area (Å²) in [7, 11) is 0. The van der Waals surface area contributed by atoms with Crippen molar-refractivity contribution in [3.8, 4) is 11.3 Å². The van der Waals surface area contributed by atoms with E-state index in [0.29, 0.717) is 0 Å². The van der Waals surface area contributed by atoms with Crippen LogP contribution in [0.5, 0.6) is 0 Å². The minimum absolute atomic E-state index is 0.786. The van der Waals surface area contributed by atoms with Gasteiger partial charge < -0.3 is 0 Å². The molecule has 2 aromatic carbocycles. The molecule has 0 aliphatic rings. The topological polar surface area (TPSA) is 30.7 Å². The molecule has 0 aliphatic heterocycles. The van der Waals surface area contributed by atoms with Crippen LogP contribution in [0.2, 0.25) is 13.3 Å². The molecule has 0 spiro atoms. The number of hydrogen-bond donors (Lipinski definition) is 0. The zero-order valence-electron chi connectivity index (χ0n) is 20.6. The van der Waals surface area contributed by atoms with Crippen molar-refractivity contribution in [2.75, 3.05) is 0 Å². The normalized spacial score (nSPS) is 11.8. The predicted molar refractivity (Wildman–Crippen MR) is 140 cm³/mol. The molecule has 0 bridgehead atoms. The minimum atomic E-state index is -2.74. The predicted octanol–water partition coefficient (Wildman–Crippen LogP) is 7.36. The van der Waals surface area contributed by atoms with Gasteiger partial charge in [-0.2, -0.15) is 0 Å². The van der Waals surface area contributed by atoms with Crippen molar-refractivity contribution in [3.05, 3.63) is 65.7 Å². The first-order chi connectivity index (χ1) is 15.6. The molecule has 4 heteroatoms. The molecule has 3 nitrogen and oxygen atoms in total. The third kappa shape index (κ3) is 6.03. The Morgan fingerprint density at radius 1 is 0.750 bits per heavy atom. The molecule has 0 atom stereocenters. The van der Waals surface area contributed by atoms with Crippen LogP contribution in [-0.2, 0) is 6.54 Å². The summed E-state index contributed by atoms with van der Waals surface area (Å²) in [5.41, 5.74) is 5.27. The fourth-order valence-corrected chi connectivity index (χ4v) is 20.8. The molecule has 1 aromatic heterocycles. The quantitative estimate of drug-likeness (QED) is 0.213. The van der Waals surface area contributed by atoms with Crippen molar-refractivity contribution in [3.63, 3.8) is 0 Å². The van der Waals surface area contributed by atoms with Gasteiger partial charge in [-0.1, -0.05) is 0 Å². The summed E-state index contributed by atoms with van der Waals surface area (Å²) < 4.78 is 7.89. The van der Waals surface area contributed by atoms with Crippen LogP contribution in [0.3, 0.4) is 0 Å². The van der Waals surface area contributed by atoms with Crippen molar-refractivity contribution in [2.24, 2.45) is 0 Å². The first-order valence-corrected chi connectivity index (χ1v) is 20.2. The second kappa shape index (κ2) is 12.6. The van der Waals surface area contributed by atoms with Crippen LogP contribution in [0.25, 0.3) is 11.3 Å². The maximum atomic E-state index is 5.07. The van der Waals surface area contributed by atoms with Crippen LogP contribution in [0, 0.1) is 6.92 Å². The van der Waals surface area contributed by atoms with Gasteiger partial charge in [0.1, 0.15) is 0 Å². The number of aromatic nitrogens is 3. The van der Waals surface area contributed by atoms with Gasteiger partial charge in [0.2, 0.25) is 0 Å². The standard InChI is InChI=1S/C16H14N3.3C4H9.Sn/c1-13-7-5-6-10-15(13)16-11-17-18-19(16)12-14-8-3-2-4-9-14;3*1-3-4-2;/h2-10H,12H2,1H3;3*1,3-4H2,2H3;. The van der Waals surface area contributed by atoms with Gasteiger partial charge in [0.15, 0.2) is 0 Å². The third-order valence-corrected chi connectivity index (χ3v) is 21.9. The van der Waals surface area contributed by atoms with Gasteiger partial charge in [-0.25, -0.2) is 0 Å². The Balaban J connectivity index is 2.17. The summed E-state index contributed by atoms with van der Waals surface area (Å²) in [5.74, 6) is 0. The van der Waals surface area contributed by atoms with Gasteiger partial charge in [0.05, 0.1) is 0 Å². The summed E-state index contributed by atoms with van der Waals surface area (Å²) >= 11 is -2.74. The number of unbranched alkanes of at least 4 members (excludes halogenated alkanes) is 3. The second-order valence-electron chi connectivity index (χ2n) is 9.34. The zero-order chi connectivity index (χ0) is 22.8. The van der Waals surface area contributed by atoms with E-state index in [2.05, 4.69) is 87.0 Å². The molecule has 0 radical (unpaired) electrons. The molecule has 0 amide bonds. The first kappa shape index (κ1) is 25.0. The van der Waals surface area contributed by atoms with E-state index >= 15 is 0 Å². The molecule has 1 heterocycles. The first-order valence-electron chi connectivity index (χ1n) is 12.7. The second-order valence-corrected chi connectivity index (χ2v) is 22.3. The Hall–Kier alpha value is -1.62. The summed E-state index contributed by atoms with van der Waals surface area (Å²) in [6.45, 7) is 10.0. The number of nitrogens with zero attached hydrogens (tertiary/aromatic N) is 3. The van der Waals surface area contributed by atoms with Crippen LogP contribution in [0.15, 0.2) is 54.6 Å². The van der Waals surface area contributed by atoms with E-state index in [1.807, 2.05) is 0 Å². The Labute approximate surface area is 199 Å². The van der Waals surface area contributed by atoms with E-state index in [9.17, 15) is 0 Å². The van der Waals surface area contributed by atoms with E-state index in [-0.39, 0.29) is 0 Å².